The second kappa shape index (κ2) is 8.42. The van der Waals surface area contributed by atoms with Gasteiger partial charge in [-0.05, 0) is 38.0 Å². The normalized spacial score (nSPS) is 12.2. The van der Waals surface area contributed by atoms with Crippen molar-refractivity contribution in [2.45, 2.75) is 52.4 Å². The van der Waals surface area contributed by atoms with E-state index in [4.69, 9.17) is 9.84 Å². The first kappa shape index (κ1) is 17.2. The summed E-state index contributed by atoms with van der Waals surface area (Å²) in [6.45, 7) is 6.29. The van der Waals surface area contributed by atoms with Crippen LogP contribution in [-0.4, -0.2) is 29.1 Å². The lowest BCUT2D eigenvalue weighted by Gasteiger charge is -2.14. The quantitative estimate of drug-likeness (QED) is 0.772. The van der Waals surface area contributed by atoms with Crippen molar-refractivity contribution in [3.63, 3.8) is 0 Å². The number of carbonyl (C=O) groups is 2. The highest BCUT2D eigenvalue weighted by molar-refractivity contribution is 5.96. The van der Waals surface area contributed by atoms with Gasteiger partial charge in [-0.2, -0.15) is 0 Å². The molecule has 116 valence electrons. The van der Waals surface area contributed by atoms with Crippen LogP contribution in [0.15, 0.2) is 24.3 Å². The number of hydrogen-bond acceptors (Lipinski definition) is 3. The molecule has 0 heterocycles. The van der Waals surface area contributed by atoms with E-state index in [9.17, 15) is 9.59 Å². The third-order valence-electron chi connectivity index (χ3n) is 2.98. The maximum atomic E-state index is 12.0. The molecule has 5 nitrogen and oxygen atoms in total. The zero-order chi connectivity index (χ0) is 15.8. The molecule has 0 bridgehead atoms. The molecule has 5 heteroatoms. The van der Waals surface area contributed by atoms with Crippen molar-refractivity contribution in [3.05, 3.63) is 35.4 Å². The molecular formula is C16H23NO4. The molecule has 1 atom stereocenters. The predicted octanol–water partition coefficient (Wildman–Crippen LogP) is 2.59. The largest absolute Gasteiger partial charge is 0.480 e. The van der Waals surface area contributed by atoms with Crippen molar-refractivity contribution >= 4 is 11.9 Å². The molecule has 0 fully saturated rings. The van der Waals surface area contributed by atoms with Crippen LogP contribution in [0.25, 0.3) is 0 Å². The van der Waals surface area contributed by atoms with Gasteiger partial charge in [-0.25, -0.2) is 4.79 Å². The van der Waals surface area contributed by atoms with Gasteiger partial charge in [-0.15, -0.1) is 0 Å². The zero-order valence-corrected chi connectivity index (χ0v) is 12.8. The van der Waals surface area contributed by atoms with E-state index >= 15 is 0 Å². The number of nitrogens with one attached hydrogen (secondary N) is 1. The Morgan fingerprint density at radius 3 is 2.33 bits per heavy atom. The molecule has 1 aromatic rings. The summed E-state index contributed by atoms with van der Waals surface area (Å²) in [5.41, 5.74) is 1.43. The Labute approximate surface area is 125 Å². The van der Waals surface area contributed by atoms with Gasteiger partial charge in [0.15, 0.2) is 0 Å². The number of amides is 1. The average Bonchev–Trinajstić information content (AvgIpc) is 2.45. The van der Waals surface area contributed by atoms with Crippen molar-refractivity contribution < 1.29 is 19.4 Å². The minimum Gasteiger partial charge on any atom is -0.480 e. The molecule has 0 spiro atoms. The molecule has 0 saturated carbocycles. The molecule has 1 unspecified atom stereocenters. The summed E-state index contributed by atoms with van der Waals surface area (Å²) in [6.07, 6.45) is 1.27. The summed E-state index contributed by atoms with van der Waals surface area (Å²) in [7, 11) is 0. The van der Waals surface area contributed by atoms with E-state index in [1.54, 1.807) is 12.1 Å². The van der Waals surface area contributed by atoms with E-state index in [0.29, 0.717) is 25.0 Å². The number of benzene rings is 1. The number of ether oxygens (including phenoxy) is 1. The Kier molecular flexibility index (Phi) is 6.88. The van der Waals surface area contributed by atoms with Gasteiger partial charge in [0.1, 0.15) is 6.04 Å². The molecule has 0 aliphatic carbocycles. The van der Waals surface area contributed by atoms with Crippen LogP contribution >= 0.6 is 0 Å². The van der Waals surface area contributed by atoms with Crippen LogP contribution in [0.1, 0.15) is 49.5 Å². The summed E-state index contributed by atoms with van der Waals surface area (Å²) in [4.78, 5) is 23.0. The molecule has 2 N–H and O–H groups in total. The third kappa shape index (κ3) is 5.95. The predicted molar refractivity (Wildman–Crippen MR) is 80.2 cm³/mol. The standard InChI is InChI=1S/C16H23NO4/c1-4-5-14(16(19)20)17-15(18)13-8-6-12(7-9-13)10-21-11(2)3/h6-9,11,14H,4-5,10H2,1-3H3,(H,17,18)(H,19,20). The third-order valence-corrected chi connectivity index (χ3v) is 2.98. The lowest BCUT2D eigenvalue weighted by molar-refractivity contribution is -0.139. The van der Waals surface area contributed by atoms with E-state index in [-0.39, 0.29) is 12.0 Å². The Balaban J connectivity index is 2.63. The van der Waals surface area contributed by atoms with Crippen LogP contribution in [0.5, 0.6) is 0 Å². The molecule has 0 aliphatic heterocycles. The molecule has 1 rings (SSSR count). The van der Waals surface area contributed by atoms with E-state index in [1.165, 1.54) is 0 Å². The number of carbonyl (C=O) groups excluding carboxylic acids is 1. The lowest BCUT2D eigenvalue weighted by Crippen LogP contribution is -2.40. The molecule has 1 amide bonds. The van der Waals surface area contributed by atoms with Gasteiger partial charge in [0.2, 0.25) is 0 Å². The van der Waals surface area contributed by atoms with Crippen LogP contribution in [0.2, 0.25) is 0 Å². The van der Waals surface area contributed by atoms with Crippen molar-refractivity contribution in [3.8, 4) is 0 Å². The van der Waals surface area contributed by atoms with Crippen LogP contribution in [0, 0.1) is 0 Å². The van der Waals surface area contributed by atoms with Crippen LogP contribution in [-0.2, 0) is 16.1 Å². The fourth-order valence-electron chi connectivity index (χ4n) is 1.80. The number of carboxylic acids is 1. The summed E-state index contributed by atoms with van der Waals surface area (Å²) >= 11 is 0. The number of rotatable bonds is 8. The Hall–Kier alpha value is -1.88. The van der Waals surface area contributed by atoms with Gasteiger partial charge in [-0.1, -0.05) is 25.5 Å². The Morgan fingerprint density at radius 1 is 1.24 bits per heavy atom. The molecule has 1 aromatic carbocycles. The minimum absolute atomic E-state index is 0.151. The number of aliphatic carboxylic acids is 1. The van der Waals surface area contributed by atoms with Crippen molar-refractivity contribution in [2.24, 2.45) is 0 Å². The van der Waals surface area contributed by atoms with Crippen LogP contribution in [0.3, 0.4) is 0 Å². The van der Waals surface area contributed by atoms with E-state index < -0.39 is 12.0 Å². The minimum atomic E-state index is -1.01. The van der Waals surface area contributed by atoms with Gasteiger partial charge >= 0.3 is 5.97 Å². The van der Waals surface area contributed by atoms with Crippen LogP contribution in [0.4, 0.5) is 0 Å². The first-order valence-corrected chi connectivity index (χ1v) is 7.18. The van der Waals surface area contributed by atoms with Gasteiger partial charge in [0.25, 0.3) is 5.91 Å². The highest BCUT2D eigenvalue weighted by atomic mass is 16.5. The molecule has 0 radical (unpaired) electrons. The highest BCUT2D eigenvalue weighted by Crippen LogP contribution is 2.08. The fraction of sp³-hybridized carbons (Fsp3) is 0.500. The second-order valence-electron chi connectivity index (χ2n) is 5.21. The summed E-state index contributed by atoms with van der Waals surface area (Å²) in [5, 5.41) is 11.6. The smallest absolute Gasteiger partial charge is 0.326 e. The molecule has 0 aromatic heterocycles. The van der Waals surface area contributed by atoms with Crippen molar-refractivity contribution in [1.82, 2.24) is 5.32 Å². The highest BCUT2D eigenvalue weighted by Gasteiger charge is 2.19. The van der Waals surface area contributed by atoms with Gasteiger partial charge < -0.3 is 15.2 Å². The van der Waals surface area contributed by atoms with Crippen LogP contribution < -0.4 is 5.32 Å². The molecule has 0 saturated heterocycles. The molecular weight excluding hydrogens is 270 g/mol. The Morgan fingerprint density at radius 2 is 1.86 bits per heavy atom. The summed E-state index contributed by atoms with van der Waals surface area (Å²) in [6, 6.07) is 6.14. The SMILES string of the molecule is CCCC(NC(=O)c1ccc(COC(C)C)cc1)C(=O)O. The topological polar surface area (TPSA) is 75.6 Å². The summed E-state index contributed by atoms with van der Waals surface area (Å²) < 4.78 is 5.48. The maximum absolute atomic E-state index is 12.0. The van der Waals surface area contributed by atoms with Crippen molar-refractivity contribution in [1.29, 1.82) is 0 Å². The molecule has 21 heavy (non-hydrogen) atoms. The molecule has 0 aliphatic rings. The van der Waals surface area contributed by atoms with E-state index in [2.05, 4.69) is 5.32 Å². The van der Waals surface area contributed by atoms with Gasteiger partial charge in [0.05, 0.1) is 12.7 Å². The summed E-state index contributed by atoms with van der Waals surface area (Å²) in [5.74, 6) is -1.38. The van der Waals surface area contributed by atoms with Crippen molar-refractivity contribution in [2.75, 3.05) is 0 Å². The first-order valence-electron chi connectivity index (χ1n) is 7.18. The maximum Gasteiger partial charge on any atom is 0.326 e. The number of hydrogen-bond donors (Lipinski definition) is 2. The van der Waals surface area contributed by atoms with Gasteiger partial charge in [-0.3, -0.25) is 4.79 Å². The average molecular weight is 293 g/mol. The van der Waals surface area contributed by atoms with E-state index in [0.717, 1.165) is 5.56 Å². The first-order chi connectivity index (χ1) is 9.93. The second-order valence-corrected chi connectivity index (χ2v) is 5.21. The fourth-order valence-corrected chi connectivity index (χ4v) is 1.80. The Bertz CT molecular complexity index is 468. The monoisotopic (exact) mass is 293 g/mol. The van der Waals surface area contributed by atoms with E-state index in [1.807, 2.05) is 32.9 Å². The van der Waals surface area contributed by atoms with Gasteiger partial charge in [0, 0.05) is 5.56 Å². The zero-order valence-electron chi connectivity index (χ0n) is 12.8. The lowest BCUT2D eigenvalue weighted by atomic mass is 10.1. The number of carboxylic acid groups (broad SMARTS) is 1.